The van der Waals surface area contributed by atoms with Crippen molar-refractivity contribution in [3.05, 3.63) is 77.1 Å². The molecule has 32 heavy (non-hydrogen) atoms. The Morgan fingerprint density at radius 2 is 1.72 bits per heavy atom. The lowest BCUT2D eigenvalue weighted by Crippen LogP contribution is -2.25. The van der Waals surface area contributed by atoms with Gasteiger partial charge in [-0.25, -0.2) is 4.98 Å². The molecule has 0 atom stereocenters. The van der Waals surface area contributed by atoms with Gasteiger partial charge in [0.2, 0.25) is 0 Å². The van der Waals surface area contributed by atoms with E-state index < -0.39 is 0 Å². The Morgan fingerprint density at radius 1 is 0.969 bits per heavy atom. The van der Waals surface area contributed by atoms with E-state index in [1.165, 1.54) is 25.9 Å². The van der Waals surface area contributed by atoms with Gasteiger partial charge in [0, 0.05) is 43.0 Å². The first kappa shape index (κ1) is 22.2. The molecule has 164 valence electrons. The summed E-state index contributed by atoms with van der Waals surface area (Å²) in [6, 6.07) is 17.8. The summed E-state index contributed by atoms with van der Waals surface area (Å²) in [5.74, 6) is 7.29. The molecule has 0 bridgehead atoms. The zero-order chi connectivity index (χ0) is 22.3. The van der Waals surface area contributed by atoms with Crippen LogP contribution in [-0.2, 0) is 0 Å². The fourth-order valence-corrected chi connectivity index (χ4v) is 3.90. The van der Waals surface area contributed by atoms with Crippen molar-refractivity contribution in [1.29, 1.82) is 0 Å². The number of anilines is 1. The largest absolute Gasteiger partial charge is 0.490 e. The Bertz CT molecular complexity index is 1090. The van der Waals surface area contributed by atoms with Crippen LogP contribution in [-0.4, -0.2) is 50.2 Å². The third-order valence-electron chi connectivity index (χ3n) is 5.58. The Morgan fingerprint density at radius 3 is 2.41 bits per heavy atom. The van der Waals surface area contributed by atoms with Crippen molar-refractivity contribution in [2.24, 2.45) is 0 Å². The van der Waals surface area contributed by atoms with Crippen LogP contribution < -0.4 is 9.64 Å². The quantitative estimate of drug-likeness (QED) is 0.479. The van der Waals surface area contributed by atoms with E-state index in [2.05, 4.69) is 32.7 Å². The van der Waals surface area contributed by atoms with Gasteiger partial charge < -0.3 is 9.64 Å². The standard InChI is InChI=1S/C27H28ClN3O/c1-30(2)26-19-21(6-14-27(26)32-18-17-31-15-3-4-16-31)5-12-25-13-9-23(20-29-25)22-7-10-24(28)11-8-22/h6-11,13-14,19-20H,3-4,15-18H2,1-2H3. The fourth-order valence-electron chi connectivity index (χ4n) is 3.77. The third kappa shape index (κ3) is 5.82. The second kappa shape index (κ2) is 10.5. The molecule has 0 saturated carbocycles. The molecule has 0 radical (unpaired) electrons. The molecule has 0 aliphatic carbocycles. The van der Waals surface area contributed by atoms with Gasteiger partial charge in [-0.05, 0) is 73.8 Å². The molecule has 0 N–H and O–H groups in total. The highest BCUT2D eigenvalue weighted by molar-refractivity contribution is 6.30. The van der Waals surface area contributed by atoms with Crippen LogP contribution >= 0.6 is 11.6 Å². The highest BCUT2D eigenvalue weighted by Gasteiger charge is 2.12. The summed E-state index contributed by atoms with van der Waals surface area (Å²) in [5.41, 5.74) is 4.82. The molecule has 0 spiro atoms. The first-order valence-corrected chi connectivity index (χ1v) is 11.4. The molecule has 0 amide bonds. The number of likely N-dealkylation sites (tertiary alicyclic amines) is 1. The van der Waals surface area contributed by atoms with Gasteiger partial charge in [0.05, 0.1) is 5.69 Å². The van der Waals surface area contributed by atoms with E-state index in [9.17, 15) is 0 Å². The van der Waals surface area contributed by atoms with Crippen LogP contribution in [0.5, 0.6) is 5.75 Å². The van der Waals surface area contributed by atoms with E-state index in [-0.39, 0.29) is 0 Å². The number of nitrogens with zero attached hydrogens (tertiary/aromatic N) is 3. The first-order valence-electron chi connectivity index (χ1n) is 11.0. The Balaban J connectivity index is 1.43. The van der Waals surface area contributed by atoms with Crippen molar-refractivity contribution in [2.75, 3.05) is 45.2 Å². The molecule has 4 nitrogen and oxygen atoms in total. The van der Waals surface area contributed by atoms with E-state index in [4.69, 9.17) is 16.3 Å². The van der Waals surface area contributed by atoms with Gasteiger partial charge in [-0.15, -0.1) is 0 Å². The zero-order valence-corrected chi connectivity index (χ0v) is 19.4. The lowest BCUT2D eigenvalue weighted by molar-refractivity contribution is 0.238. The Labute approximate surface area is 195 Å². The molecule has 5 heteroatoms. The third-order valence-corrected chi connectivity index (χ3v) is 5.83. The minimum atomic E-state index is 0.704. The molecule has 1 aromatic heterocycles. The molecule has 1 aliphatic rings. The average Bonchev–Trinajstić information content (AvgIpc) is 3.33. The van der Waals surface area contributed by atoms with Crippen LogP contribution in [0, 0.1) is 11.8 Å². The lowest BCUT2D eigenvalue weighted by Gasteiger charge is -2.20. The molecular formula is C27H28ClN3O. The van der Waals surface area contributed by atoms with E-state index in [0.29, 0.717) is 6.61 Å². The van der Waals surface area contributed by atoms with E-state index in [0.717, 1.165) is 45.4 Å². The Hall–Kier alpha value is -3.00. The summed E-state index contributed by atoms with van der Waals surface area (Å²) in [5, 5.41) is 0.726. The molecule has 2 heterocycles. The molecule has 1 fully saturated rings. The van der Waals surface area contributed by atoms with Gasteiger partial charge in [0.25, 0.3) is 0 Å². The first-order chi connectivity index (χ1) is 15.6. The SMILES string of the molecule is CN(C)c1cc(C#Cc2ccc(-c3ccc(Cl)cc3)cn2)ccc1OCCN1CCCC1. The summed E-state index contributed by atoms with van der Waals surface area (Å²) in [6.45, 7) is 4.06. The number of aromatic nitrogens is 1. The van der Waals surface area contributed by atoms with Crippen LogP contribution in [0.4, 0.5) is 5.69 Å². The summed E-state index contributed by atoms with van der Waals surface area (Å²) in [7, 11) is 4.05. The summed E-state index contributed by atoms with van der Waals surface area (Å²) in [6.07, 6.45) is 4.44. The van der Waals surface area contributed by atoms with Crippen LogP contribution in [0.1, 0.15) is 24.1 Å². The molecular weight excluding hydrogens is 418 g/mol. The number of rotatable bonds is 6. The maximum atomic E-state index is 6.09. The second-order valence-electron chi connectivity index (χ2n) is 8.16. The summed E-state index contributed by atoms with van der Waals surface area (Å²) >= 11 is 5.97. The second-order valence-corrected chi connectivity index (χ2v) is 8.60. The van der Waals surface area contributed by atoms with Gasteiger partial charge in [0.1, 0.15) is 18.1 Å². The predicted molar refractivity (Wildman–Crippen MR) is 133 cm³/mol. The molecule has 1 aliphatic heterocycles. The molecule has 3 aromatic rings. The topological polar surface area (TPSA) is 28.6 Å². The van der Waals surface area contributed by atoms with E-state index >= 15 is 0 Å². The minimum Gasteiger partial charge on any atom is -0.490 e. The van der Waals surface area contributed by atoms with Crippen molar-refractivity contribution in [3.63, 3.8) is 0 Å². The minimum absolute atomic E-state index is 0.704. The highest BCUT2D eigenvalue weighted by Crippen LogP contribution is 2.28. The smallest absolute Gasteiger partial charge is 0.142 e. The molecule has 0 unspecified atom stereocenters. The van der Waals surface area contributed by atoms with Crippen LogP contribution in [0.3, 0.4) is 0 Å². The number of pyridine rings is 1. The molecule has 4 rings (SSSR count). The average molecular weight is 446 g/mol. The molecule has 2 aromatic carbocycles. The van der Waals surface area contributed by atoms with Crippen LogP contribution in [0.15, 0.2) is 60.8 Å². The van der Waals surface area contributed by atoms with E-state index in [1.807, 2.05) is 68.8 Å². The number of hydrogen-bond acceptors (Lipinski definition) is 4. The summed E-state index contributed by atoms with van der Waals surface area (Å²) < 4.78 is 6.09. The lowest BCUT2D eigenvalue weighted by atomic mass is 10.1. The van der Waals surface area contributed by atoms with Gasteiger partial charge in [-0.2, -0.15) is 0 Å². The van der Waals surface area contributed by atoms with Gasteiger partial charge in [0.15, 0.2) is 0 Å². The maximum Gasteiger partial charge on any atom is 0.142 e. The zero-order valence-electron chi connectivity index (χ0n) is 18.6. The van der Waals surface area contributed by atoms with Crippen molar-refractivity contribution >= 4 is 17.3 Å². The predicted octanol–water partition coefficient (Wildman–Crippen LogP) is 5.34. The van der Waals surface area contributed by atoms with Crippen LogP contribution in [0.2, 0.25) is 5.02 Å². The normalized spacial score (nSPS) is 13.5. The van der Waals surface area contributed by atoms with Crippen LogP contribution in [0.25, 0.3) is 11.1 Å². The molecule has 1 saturated heterocycles. The van der Waals surface area contributed by atoms with Crippen molar-refractivity contribution in [2.45, 2.75) is 12.8 Å². The van der Waals surface area contributed by atoms with Crippen molar-refractivity contribution in [3.8, 4) is 28.7 Å². The van der Waals surface area contributed by atoms with E-state index in [1.54, 1.807) is 0 Å². The van der Waals surface area contributed by atoms with Gasteiger partial charge in [-0.1, -0.05) is 35.7 Å². The van der Waals surface area contributed by atoms with Crippen molar-refractivity contribution in [1.82, 2.24) is 9.88 Å². The highest BCUT2D eigenvalue weighted by atomic mass is 35.5. The maximum absolute atomic E-state index is 6.09. The number of benzene rings is 2. The fraction of sp³-hybridized carbons (Fsp3) is 0.296. The Kier molecular flexibility index (Phi) is 7.32. The van der Waals surface area contributed by atoms with Gasteiger partial charge in [-0.3, -0.25) is 4.90 Å². The van der Waals surface area contributed by atoms with Crippen molar-refractivity contribution < 1.29 is 4.74 Å². The summed E-state index contributed by atoms with van der Waals surface area (Å²) in [4.78, 5) is 9.02. The number of halogens is 1. The van der Waals surface area contributed by atoms with Gasteiger partial charge >= 0.3 is 0 Å². The number of ether oxygens (including phenoxy) is 1. The number of hydrogen-bond donors (Lipinski definition) is 0. The monoisotopic (exact) mass is 445 g/mol.